The lowest BCUT2D eigenvalue weighted by molar-refractivity contribution is -0.0504. The van der Waals surface area contributed by atoms with E-state index in [1.54, 1.807) is 6.20 Å². The number of carbonyl (C=O) groups is 2. The van der Waals surface area contributed by atoms with E-state index in [2.05, 4.69) is 4.98 Å². The van der Waals surface area contributed by atoms with Crippen molar-refractivity contribution in [3.05, 3.63) is 59.9 Å². The zero-order valence-corrected chi connectivity index (χ0v) is 18.7. The first-order valence-electron chi connectivity index (χ1n) is 11.2. The number of rotatable bonds is 3. The molecule has 0 bridgehead atoms. The molecule has 0 saturated carbocycles. The molecule has 8 heteroatoms. The molecule has 0 unspecified atom stereocenters. The van der Waals surface area contributed by atoms with Crippen LogP contribution in [0.1, 0.15) is 46.4 Å². The average Bonchev–Trinajstić information content (AvgIpc) is 3.51. The van der Waals surface area contributed by atoms with Gasteiger partial charge in [0.15, 0.2) is 6.29 Å². The molecule has 0 aliphatic carbocycles. The Labute approximate surface area is 191 Å². The van der Waals surface area contributed by atoms with E-state index in [0.717, 1.165) is 48.9 Å². The maximum Gasteiger partial charge on any atom is 0.253 e. The fraction of sp³-hybridized carbons (Fsp3) is 0.400. The summed E-state index contributed by atoms with van der Waals surface area (Å²) < 4.78 is 26.7. The number of amides is 1. The van der Waals surface area contributed by atoms with E-state index in [0.29, 0.717) is 24.2 Å². The number of nitrogens with zero attached hydrogens (tertiary/aromatic N) is 4. The third kappa shape index (κ3) is 5.45. The Balaban J connectivity index is 0.000000243. The van der Waals surface area contributed by atoms with Crippen molar-refractivity contribution in [2.75, 3.05) is 33.2 Å². The van der Waals surface area contributed by atoms with Crippen LogP contribution in [0.25, 0.3) is 16.7 Å². The molecular weight excluding hydrogens is 426 g/mol. The quantitative estimate of drug-likeness (QED) is 0.550. The molecule has 2 saturated heterocycles. The Morgan fingerprint density at radius 1 is 1.03 bits per heavy atom. The van der Waals surface area contributed by atoms with Gasteiger partial charge >= 0.3 is 0 Å². The number of aromatic nitrogens is 2. The highest BCUT2D eigenvalue weighted by Gasteiger charge is 2.32. The first-order chi connectivity index (χ1) is 15.9. The van der Waals surface area contributed by atoms with Gasteiger partial charge in [0.1, 0.15) is 5.65 Å². The van der Waals surface area contributed by atoms with Crippen molar-refractivity contribution >= 4 is 23.2 Å². The summed E-state index contributed by atoms with van der Waals surface area (Å²) in [7, 11) is 1.87. The molecule has 2 aromatic heterocycles. The minimum Gasteiger partial charge on any atom is -0.339 e. The third-order valence-corrected chi connectivity index (χ3v) is 6.19. The van der Waals surface area contributed by atoms with Crippen molar-refractivity contribution in [2.24, 2.45) is 0 Å². The van der Waals surface area contributed by atoms with Gasteiger partial charge in [-0.1, -0.05) is 0 Å². The Kier molecular flexibility index (Phi) is 6.83. The molecule has 1 amide bonds. The Morgan fingerprint density at radius 2 is 1.70 bits per heavy atom. The van der Waals surface area contributed by atoms with Crippen molar-refractivity contribution in [1.29, 1.82) is 0 Å². The van der Waals surface area contributed by atoms with E-state index in [1.807, 2.05) is 64.0 Å². The van der Waals surface area contributed by atoms with Crippen LogP contribution in [-0.2, 0) is 0 Å². The highest BCUT2D eigenvalue weighted by molar-refractivity contribution is 5.94. The van der Waals surface area contributed by atoms with Gasteiger partial charge in [-0.15, -0.1) is 0 Å². The van der Waals surface area contributed by atoms with E-state index in [1.165, 1.54) is 0 Å². The summed E-state index contributed by atoms with van der Waals surface area (Å²) in [6.45, 7) is 2.78. The number of likely N-dealkylation sites (tertiary alicyclic amines) is 2. The van der Waals surface area contributed by atoms with Crippen LogP contribution in [-0.4, -0.2) is 70.7 Å². The summed E-state index contributed by atoms with van der Waals surface area (Å²) in [6.07, 6.45) is 6.53. The molecule has 174 valence electrons. The molecule has 0 N–H and O–H groups in total. The lowest BCUT2D eigenvalue weighted by Gasteiger charge is -2.28. The number of carbonyl (C=O) groups excluding carboxylic acids is 2. The largest absolute Gasteiger partial charge is 0.339 e. The number of benzene rings is 1. The van der Waals surface area contributed by atoms with Crippen LogP contribution in [0.4, 0.5) is 8.78 Å². The standard InChI is InChI=1S/C19H17N3O2.C6H11F2N/c23-13-14-11-16-7-10-22(18(16)20-12-14)17-5-3-15(4-6-17)19(24)21-8-1-2-9-21;1-9-4-2-6(7,8)3-5-9/h3-7,10-13H,1-2,8-9H2;2-5H2,1H3. The molecule has 4 heterocycles. The van der Waals surface area contributed by atoms with E-state index >= 15 is 0 Å². The predicted molar refractivity (Wildman–Crippen MR) is 123 cm³/mol. The van der Waals surface area contributed by atoms with Crippen molar-refractivity contribution in [3.8, 4) is 5.69 Å². The van der Waals surface area contributed by atoms with Gasteiger partial charge in [-0.2, -0.15) is 0 Å². The van der Waals surface area contributed by atoms with E-state index in [-0.39, 0.29) is 18.7 Å². The predicted octanol–water partition coefficient (Wildman–Crippen LogP) is 4.42. The summed E-state index contributed by atoms with van der Waals surface area (Å²) in [4.78, 5) is 31.5. The summed E-state index contributed by atoms with van der Waals surface area (Å²) in [5.41, 5.74) is 3.01. The van der Waals surface area contributed by atoms with Gasteiger partial charge in [0, 0.05) is 73.6 Å². The second kappa shape index (κ2) is 9.79. The van der Waals surface area contributed by atoms with Crippen LogP contribution in [0, 0.1) is 0 Å². The van der Waals surface area contributed by atoms with E-state index in [9.17, 15) is 18.4 Å². The molecule has 3 aromatic rings. The fourth-order valence-corrected chi connectivity index (χ4v) is 4.13. The number of piperidine rings is 1. The topological polar surface area (TPSA) is 58.4 Å². The Bertz CT molecular complexity index is 1110. The molecule has 33 heavy (non-hydrogen) atoms. The maximum absolute atomic E-state index is 12.4. The van der Waals surface area contributed by atoms with E-state index < -0.39 is 5.92 Å². The minimum atomic E-state index is -2.38. The molecule has 1 aromatic carbocycles. The molecule has 0 atom stereocenters. The lowest BCUT2D eigenvalue weighted by atomic mass is 10.1. The van der Waals surface area contributed by atoms with Crippen LogP contribution in [0.3, 0.4) is 0 Å². The minimum absolute atomic E-state index is 0.0312. The van der Waals surface area contributed by atoms with Crippen molar-refractivity contribution < 1.29 is 18.4 Å². The number of hydrogen-bond acceptors (Lipinski definition) is 4. The number of halogens is 2. The number of hydrogen-bond donors (Lipinski definition) is 0. The smallest absolute Gasteiger partial charge is 0.253 e. The lowest BCUT2D eigenvalue weighted by Crippen LogP contribution is -2.36. The molecular formula is C25H28F2N4O2. The molecule has 0 radical (unpaired) electrons. The van der Waals surface area contributed by atoms with E-state index in [4.69, 9.17) is 0 Å². The van der Waals surface area contributed by atoms with Gasteiger partial charge in [-0.3, -0.25) is 9.59 Å². The summed E-state index contributed by atoms with van der Waals surface area (Å²) in [6, 6.07) is 11.3. The number of aldehydes is 1. The zero-order valence-electron chi connectivity index (χ0n) is 18.7. The summed E-state index contributed by atoms with van der Waals surface area (Å²) in [5.74, 6) is -2.28. The van der Waals surface area contributed by atoms with Crippen molar-refractivity contribution in [3.63, 3.8) is 0 Å². The van der Waals surface area contributed by atoms with Gasteiger partial charge in [0.2, 0.25) is 0 Å². The van der Waals surface area contributed by atoms with Gasteiger partial charge in [-0.05, 0) is 56.3 Å². The zero-order chi connectivity index (χ0) is 23.4. The van der Waals surface area contributed by atoms with Crippen molar-refractivity contribution in [2.45, 2.75) is 31.6 Å². The highest BCUT2D eigenvalue weighted by Crippen LogP contribution is 2.26. The fourth-order valence-electron chi connectivity index (χ4n) is 4.13. The third-order valence-electron chi connectivity index (χ3n) is 6.19. The first-order valence-corrected chi connectivity index (χ1v) is 11.2. The normalized spacial score (nSPS) is 18.1. The number of fused-ring (bicyclic) bond motifs is 1. The van der Waals surface area contributed by atoms with Crippen molar-refractivity contribution in [1.82, 2.24) is 19.4 Å². The number of pyridine rings is 1. The van der Waals surface area contributed by atoms with Gasteiger partial charge < -0.3 is 14.4 Å². The van der Waals surface area contributed by atoms with Crippen LogP contribution in [0.2, 0.25) is 0 Å². The average molecular weight is 455 g/mol. The Hall–Kier alpha value is -3.13. The molecule has 2 aliphatic rings. The molecule has 5 rings (SSSR count). The second-order valence-electron chi connectivity index (χ2n) is 8.69. The molecule has 6 nitrogen and oxygen atoms in total. The monoisotopic (exact) mass is 454 g/mol. The molecule has 2 fully saturated rings. The van der Waals surface area contributed by atoms with Gasteiger partial charge in [0.25, 0.3) is 11.8 Å². The summed E-state index contributed by atoms with van der Waals surface area (Å²) in [5, 5.41) is 0.914. The first kappa shape index (κ1) is 23.0. The Morgan fingerprint density at radius 3 is 2.30 bits per heavy atom. The highest BCUT2D eigenvalue weighted by atomic mass is 19.3. The maximum atomic E-state index is 12.4. The van der Waals surface area contributed by atoms with Gasteiger partial charge in [-0.25, -0.2) is 13.8 Å². The van der Waals surface area contributed by atoms with Crippen LogP contribution in [0.15, 0.2) is 48.8 Å². The molecule has 2 aliphatic heterocycles. The second-order valence-corrected chi connectivity index (χ2v) is 8.69. The number of alkyl halides is 2. The summed E-state index contributed by atoms with van der Waals surface area (Å²) >= 11 is 0. The van der Waals surface area contributed by atoms with Gasteiger partial charge in [0.05, 0.1) is 0 Å². The van der Waals surface area contributed by atoms with Crippen LogP contribution >= 0.6 is 0 Å². The molecule has 0 spiro atoms. The van der Waals surface area contributed by atoms with Crippen LogP contribution in [0.5, 0.6) is 0 Å². The SMILES string of the molecule is CN1CCC(F)(F)CC1.O=Cc1cnc2c(ccn2-c2ccc(C(=O)N3CCCC3)cc2)c1. The van der Waals surface area contributed by atoms with Crippen LogP contribution < -0.4 is 0 Å².